The van der Waals surface area contributed by atoms with E-state index in [1.165, 1.54) is 5.56 Å². The van der Waals surface area contributed by atoms with Crippen LogP contribution in [0.4, 0.5) is 0 Å². The van der Waals surface area contributed by atoms with Gasteiger partial charge in [0.1, 0.15) is 5.75 Å². The minimum Gasteiger partial charge on any atom is -0.496 e. The Kier molecular flexibility index (Phi) is 5.45. The Bertz CT molecular complexity index is 351. The van der Waals surface area contributed by atoms with Crippen LogP contribution in [0.15, 0.2) is 24.3 Å². The molecule has 4 heteroatoms. The first-order valence-electron chi connectivity index (χ1n) is 6.55. The molecule has 1 aliphatic heterocycles. The van der Waals surface area contributed by atoms with E-state index in [2.05, 4.69) is 16.7 Å². The monoisotopic (exact) mass is 250 g/mol. The number of nitrogens with one attached hydrogen (secondary N) is 2. The molecule has 1 saturated heterocycles. The Morgan fingerprint density at radius 1 is 1.44 bits per heavy atom. The van der Waals surface area contributed by atoms with Crippen LogP contribution in [0, 0.1) is 0 Å². The molecule has 1 aromatic rings. The molecule has 0 aliphatic carbocycles. The highest BCUT2D eigenvalue weighted by atomic mass is 16.5. The average Bonchev–Trinajstić information content (AvgIpc) is 2.45. The first-order chi connectivity index (χ1) is 8.90. The zero-order chi connectivity index (χ0) is 12.6. The largest absolute Gasteiger partial charge is 0.496 e. The maximum atomic E-state index is 5.63. The summed E-state index contributed by atoms with van der Waals surface area (Å²) in [6, 6.07) is 8.16. The molecule has 1 fully saturated rings. The van der Waals surface area contributed by atoms with Crippen molar-refractivity contribution < 1.29 is 9.47 Å². The minimum atomic E-state index is 0.302. The molecule has 0 radical (unpaired) electrons. The number of ether oxygens (including phenoxy) is 2. The van der Waals surface area contributed by atoms with Gasteiger partial charge in [-0.15, -0.1) is 0 Å². The lowest BCUT2D eigenvalue weighted by molar-refractivity contribution is 0.0294. The zero-order valence-corrected chi connectivity index (χ0v) is 10.9. The quantitative estimate of drug-likeness (QED) is 0.734. The third kappa shape index (κ3) is 3.98. The van der Waals surface area contributed by atoms with Crippen LogP contribution in [0.3, 0.4) is 0 Å². The van der Waals surface area contributed by atoms with Crippen LogP contribution in [-0.2, 0) is 11.2 Å². The standard InChI is InChI=1S/C14H22N2O2/c1-17-14-5-3-2-4-12(14)6-7-15-10-13-11-16-8-9-18-13/h2-5,13,15-16H,6-11H2,1H3. The molecule has 1 aliphatic rings. The molecular weight excluding hydrogens is 228 g/mol. The molecule has 0 amide bonds. The van der Waals surface area contributed by atoms with E-state index < -0.39 is 0 Å². The van der Waals surface area contributed by atoms with Crippen molar-refractivity contribution in [2.45, 2.75) is 12.5 Å². The maximum Gasteiger partial charge on any atom is 0.122 e. The first-order valence-corrected chi connectivity index (χ1v) is 6.55. The van der Waals surface area contributed by atoms with E-state index in [1.807, 2.05) is 18.2 Å². The van der Waals surface area contributed by atoms with E-state index in [4.69, 9.17) is 9.47 Å². The molecule has 0 aromatic heterocycles. The molecule has 100 valence electrons. The van der Waals surface area contributed by atoms with Gasteiger partial charge in [-0.25, -0.2) is 0 Å². The number of benzene rings is 1. The van der Waals surface area contributed by atoms with Gasteiger partial charge in [0.05, 0.1) is 19.8 Å². The van der Waals surface area contributed by atoms with E-state index >= 15 is 0 Å². The zero-order valence-electron chi connectivity index (χ0n) is 10.9. The lowest BCUT2D eigenvalue weighted by atomic mass is 10.1. The third-order valence-corrected chi connectivity index (χ3v) is 3.14. The van der Waals surface area contributed by atoms with E-state index in [1.54, 1.807) is 7.11 Å². The van der Waals surface area contributed by atoms with Crippen molar-refractivity contribution in [1.29, 1.82) is 0 Å². The number of hydrogen-bond acceptors (Lipinski definition) is 4. The second-order valence-electron chi connectivity index (χ2n) is 4.46. The molecule has 18 heavy (non-hydrogen) atoms. The van der Waals surface area contributed by atoms with Crippen LogP contribution in [-0.4, -0.2) is 46.0 Å². The molecule has 0 spiro atoms. The molecule has 2 N–H and O–H groups in total. The topological polar surface area (TPSA) is 42.5 Å². The van der Waals surface area contributed by atoms with E-state index in [0.29, 0.717) is 6.10 Å². The van der Waals surface area contributed by atoms with Gasteiger partial charge in [-0.05, 0) is 24.6 Å². The van der Waals surface area contributed by atoms with Crippen molar-refractivity contribution in [1.82, 2.24) is 10.6 Å². The van der Waals surface area contributed by atoms with Gasteiger partial charge < -0.3 is 20.1 Å². The van der Waals surface area contributed by atoms with Gasteiger partial charge in [-0.1, -0.05) is 18.2 Å². The van der Waals surface area contributed by atoms with Crippen LogP contribution in [0.5, 0.6) is 5.75 Å². The number of morpholine rings is 1. The summed E-state index contributed by atoms with van der Waals surface area (Å²) in [5.41, 5.74) is 1.25. The Hall–Kier alpha value is -1.10. The van der Waals surface area contributed by atoms with Gasteiger partial charge in [0.25, 0.3) is 0 Å². The molecular formula is C14H22N2O2. The molecule has 1 atom stereocenters. The summed E-state index contributed by atoms with van der Waals surface area (Å²) in [5.74, 6) is 0.967. The van der Waals surface area contributed by atoms with Crippen LogP contribution < -0.4 is 15.4 Å². The van der Waals surface area contributed by atoms with E-state index in [9.17, 15) is 0 Å². The highest BCUT2D eigenvalue weighted by molar-refractivity contribution is 5.33. The number of para-hydroxylation sites is 1. The Morgan fingerprint density at radius 2 is 2.33 bits per heavy atom. The Labute approximate surface area is 109 Å². The Morgan fingerprint density at radius 3 is 3.11 bits per heavy atom. The van der Waals surface area contributed by atoms with Gasteiger partial charge in [-0.2, -0.15) is 0 Å². The highest BCUT2D eigenvalue weighted by Crippen LogP contribution is 2.17. The molecule has 2 rings (SSSR count). The number of hydrogen-bond donors (Lipinski definition) is 2. The van der Waals surface area contributed by atoms with Crippen molar-refractivity contribution in [3.63, 3.8) is 0 Å². The predicted molar refractivity (Wildman–Crippen MR) is 72.2 cm³/mol. The van der Waals surface area contributed by atoms with Crippen molar-refractivity contribution in [2.75, 3.05) is 39.9 Å². The van der Waals surface area contributed by atoms with Crippen LogP contribution in [0.2, 0.25) is 0 Å². The maximum absolute atomic E-state index is 5.63. The second kappa shape index (κ2) is 7.36. The minimum absolute atomic E-state index is 0.302. The summed E-state index contributed by atoms with van der Waals surface area (Å²) in [6.45, 7) is 4.58. The smallest absolute Gasteiger partial charge is 0.122 e. The fourth-order valence-corrected chi connectivity index (χ4v) is 2.15. The Balaban J connectivity index is 1.68. The van der Waals surface area contributed by atoms with Gasteiger partial charge in [0, 0.05) is 19.6 Å². The molecule has 1 heterocycles. The second-order valence-corrected chi connectivity index (χ2v) is 4.46. The number of rotatable bonds is 6. The molecule has 4 nitrogen and oxygen atoms in total. The van der Waals surface area contributed by atoms with Crippen LogP contribution >= 0.6 is 0 Å². The fourth-order valence-electron chi connectivity index (χ4n) is 2.15. The van der Waals surface area contributed by atoms with Crippen molar-refractivity contribution >= 4 is 0 Å². The summed E-state index contributed by atoms with van der Waals surface area (Å²) < 4.78 is 11.0. The summed E-state index contributed by atoms with van der Waals surface area (Å²) in [4.78, 5) is 0. The van der Waals surface area contributed by atoms with Gasteiger partial charge in [0.15, 0.2) is 0 Å². The van der Waals surface area contributed by atoms with E-state index in [0.717, 1.165) is 45.0 Å². The van der Waals surface area contributed by atoms with E-state index in [-0.39, 0.29) is 0 Å². The molecule has 0 saturated carbocycles. The highest BCUT2D eigenvalue weighted by Gasteiger charge is 2.12. The van der Waals surface area contributed by atoms with Crippen molar-refractivity contribution in [3.8, 4) is 5.75 Å². The normalized spacial score (nSPS) is 19.7. The lowest BCUT2D eigenvalue weighted by Gasteiger charge is -2.23. The van der Waals surface area contributed by atoms with Gasteiger partial charge in [-0.3, -0.25) is 0 Å². The molecule has 1 unspecified atom stereocenters. The molecule has 0 bridgehead atoms. The summed E-state index contributed by atoms with van der Waals surface area (Å²) >= 11 is 0. The summed E-state index contributed by atoms with van der Waals surface area (Å²) in [5, 5.41) is 6.76. The van der Waals surface area contributed by atoms with Gasteiger partial charge in [0.2, 0.25) is 0 Å². The average molecular weight is 250 g/mol. The predicted octanol–water partition coefficient (Wildman–Crippen LogP) is 0.816. The van der Waals surface area contributed by atoms with Gasteiger partial charge >= 0.3 is 0 Å². The first kappa shape index (κ1) is 13.3. The summed E-state index contributed by atoms with van der Waals surface area (Å²) in [6.07, 6.45) is 1.28. The van der Waals surface area contributed by atoms with Crippen molar-refractivity contribution in [2.24, 2.45) is 0 Å². The van der Waals surface area contributed by atoms with Crippen LogP contribution in [0.1, 0.15) is 5.56 Å². The SMILES string of the molecule is COc1ccccc1CCNCC1CNCCO1. The fraction of sp³-hybridized carbons (Fsp3) is 0.571. The van der Waals surface area contributed by atoms with Crippen molar-refractivity contribution in [3.05, 3.63) is 29.8 Å². The van der Waals surface area contributed by atoms with Crippen LogP contribution in [0.25, 0.3) is 0 Å². The lowest BCUT2D eigenvalue weighted by Crippen LogP contribution is -2.44. The third-order valence-electron chi connectivity index (χ3n) is 3.14. The number of methoxy groups -OCH3 is 1. The molecule has 1 aromatic carbocycles. The summed E-state index contributed by atoms with van der Waals surface area (Å²) in [7, 11) is 1.72.